The fourth-order valence-electron chi connectivity index (χ4n) is 2.51. The molecule has 21 heavy (non-hydrogen) atoms. The van der Waals surface area contributed by atoms with E-state index in [0.717, 1.165) is 0 Å². The van der Waals surface area contributed by atoms with Gasteiger partial charge in [-0.3, -0.25) is 0 Å². The highest BCUT2D eigenvalue weighted by atomic mass is 16.5. The normalized spacial score (nSPS) is 19.1. The highest BCUT2D eigenvalue weighted by Crippen LogP contribution is 2.42. The Morgan fingerprint density at radius 3 is 2.52 bits per heavy atom. The summed E-state index contributed by atoms with van der Waals surface area (Å²) in [6.45, 7) is 5.78. The Bertz CT molecular complexity index is 773. The first-order valence-corrected chi connectivity index (χ1v) is 6.68. The fourth-order valence-corrected chi connectivity index (χ4v) is 2.51. The van der Waals surface area contributed by atoms with E-state index in [1.165, 1.54) is 12.1 Å². The van der Waals surface area contributed by atoms with Gasteiger partial charge in [0.1, 0.15) is 17.6 Å². The maximum atomic E-state index is 12.3. The SMILES string of the molecule is CC1Oc2cc(-c3ccc(O)c(O)c3)oc(=O)c2C1(C)C. The molecule has 2 N–H and O–H groups in total. The molecule has 1 aliphatic rings. The third kappa shape index (κ3) is 1.96. The van der Waals surface area contributed by atoms with E-state index in [-0.39, 0.29) is 17.6 Å². The van der Waals surface area contributed by atoms with E-state index in [2.05, 4.69) is 0 Å². The van der Waals surface area contributed by atoms with Gasteiger partial charge in [0, 0.05) is 17.0 Å². The third-order valence-corrected chi connectivity index (χ3v) is 4.14. The molecule has 1 unspecified atom stereocenters. The molecule has 0 aliphatic carbocycles. The molecule has 3 rings (SSSR count). The molecule has 1 aliphatic heterocycles. The lowest BCUT2D eigenvalue weighted by Crippen LogP contribution is -2.32. The largest absolute Gasteiger partial charge is 0.504 e. The molecule has 2 heterocycles. The van der Waals surface area contributed by atoms with Crippen LogP contribution in [-0.2, 0) is 5.41 Å². The van der Waals surface area contributed by atoms with Gasteiger partial charge in [0.05, 0.1) is 5.56 Å². The van der Waals surface area contributed by atoms with Gasteiger partial charge in [-0.1, -0.05) is 13.8 Å². The van der Waals surface area contributed by atoms with Crippen molar-refractivity contribution in [3.63, 3.8) is 0 Å². The molecule has 5 nitrogen and oxygen atoms in total. The highest BCUT2D eigenvalue weighted by molar-refractivity contribution is 5.64. The third-order valence-electron chi connectivity index (χ3n) is 4.14. The maximum absolute atomic E-state index is 12.3. The van der Waals surface area contributed by atoms with Crippen LogP contribution in [0.1, 0.15) is 26.3 Å². The molecule has 0 saturated carbocycles. The van der Waals surface area contributed by atoms with Gasteiger partial charge < -0.3 is 19.4 Å². The van der Waals surface area contributed by atoms with Crippen molar-refractivity contribution in [2.24, 2.45) is 0 Å². The summed E-state index contributed by atoms with van der Waals surface area (Å²) < 4.78 is 11.1. The molecule has 0 saturated heterocycles. The van der Waals surface area contributed by atoms with E-state index in [9.17, 15) is 15.0 Å². The summed E-state index contributed by atoms with van der Waals surface area (Å²) in [6.07, 6.45) is -0.126. The van der Waals surface area contributed by atoms with Crippen LogP contribution in [0.15, 0.2) is 33.5 Å². The highest BCUT2D eigenvalue weighted by Gasteiger charge is 2.42. The van der Waals surface area contributed by atoms with E-state index in [1.54, 1.807) is 12.1 Å². The number of fused-ring (bicyclic) bond motifs is 1. The van der Waals surface area contributed by atoms with Crippen molar-refractivity contribution in [3.05, 3.63) is 40.2 Å². The Labute approximate surface area is 121 Å². The van der Waals surface area contributed by atoms with Crippen LogP contribution in [0.2, 0.25) is 0 Å². The van der Waals surface area contributed by atoms with Crippen molar-refractivity contribution >= 4 is 0 Å². The van der Waals surface area contributed by atoms with Gasteiger partial charge in [-0.05, 0) is 25.1 Å². The van der Waals surface area contributed by atoms with Crippen molar-refractivity contribution in [1.82, 2.24) is 0 Å². The molecule has 1 atom stereocenters. The zero-order chi connectivity index (χ0) is 15.4. The first kappa shape index (κ1) is 13.5. The van der Waals surface area contributed by atoms with Gasteiger partial charge in [0.25, 0.3) is 0 Å². The van der Waals surface area contributed by atoms with E-state index in [0.29, 0.717) is 22.6 Å². The summed E-state index contributed by atoms with van der Waals surface area (Å²) in [5, 5.41) is 18.9. The summed E-state index contributed by atoms with van der Waals surface area (Å²) in [4.78, 5) is 12.3. The van der Waals surface area contributed by atoms with Crippen molar-refractivity contribution in [2.75, 3.05) is 0 Å². The van der Waals surface area contributed by atoms with Crippen LogP contribution in [-0.4, -0.2) is 16.3 Å². The molecular formula is C16H16O5. The Balaban J connectivity index is 2.17. The lowest BCUT2D eigenvalue weighted by Gasteiger charge is -2.20. The maximum Gasteiger partial charge on any atom is 0.343 e. The first-order chi connectivity index (χ1) is 9.80. The molecule has 1 aromatic carbocycles. The second kappa shape index (κ2) is 4.28. The Morgan fingerprint density at radius 1 is 1.14 bits per heavy atom. The fraction of sp³-hybridized carbons (Fsp3) is 0.312. The van der Waals surface area contributed by atoms with Crippen LogP contribution in [0.3, 0.4) is 0 Å². The van der Waals surface area contributed by atoms with Crippen LogP contribution in [0.25, 0.3) is 11.3 Å². The van der Waals surface area contributed by atoms with Crippen LogP contribution in [0.5, 0.6) is 17.2 Å². The molecule has 0 radical (unpaired) electrons. The van der Waals surface area contributed by atoms with Crippen LogP contribution >= 0.6 is 0 Å². The minimum Gasteiger partial charge on any atom is -0.504 e. The Kier molecular flexibility index (Phi) is 2.76. The van der Waals surface area contributed by atoms with Crippen LogP contribution < -0.4 is 10.4 Å². The number of phenolic OH excluding ortho intramolecular Hbond substituents is 2. The van der Waals surface area contributed by atoms with Crippen molar-refractivity contribution < 1.29 is 19.4 Å². The van der Waals surface area contributed by atoms with Crippen molar-refractivity contribution in [2.45, 2.75) is 32.3 Å². The number of phenols is 2. The van der Waals surface area contributed by atoms with Crippen molar-refractivity contribution in [3.8, 4) is 28.6 Å². The van der Waals surface area contributed by atoms with Crippen molar-refractivity contribution in [1.29, 1.82) is 0 Å². The first-order valence-electron chi connectivity index (χ1n) is 6.68. The second-order valence-electron chi connectivity index (χ2n) is 5.82. The van der Waals surface area contributed by atoms with E-state index in [1.807, 2.05) is 20.8 Å². The Hall–Kier alpha value is -2.43. The molecule has 5 heteroatoms. The topological polar surface area (TPSA) is 79.9 Å². The van der Waals surface area contributed by atoms with Gasteiger partial charge in [-0.25, -0.2) is 4.79 Å². The molecular weight excluding hydrogens is 272 g/mol. The molecule has 2 aromatic rings. The lowest BCUT2D eigenvalue weighted by molar-refractivity contribution is 0.185. The molecule has 0 amide bonds. The second-order valence-corrected chi connectivity index (χ2v) is 5.82. The van der Waals surface area contributed by atoms with Gasteiger partial charge in [-0.15, -0.1) is 0 Å². The summed E-state index contributed by atoms with van der Waals surface area (Å²) in [7, 11) is 0. The number of benzene rings is 1. The number of hydrogen-bond acceptors (Lipinski definition) is 5. The number of ether oxygens (including phenoxy) is 1. The summed E-state index contributed by atoms with van der Waals surface area (Å²) in [5.41, 5.74) is 0.170. The lowest BCUT2D eigenvalue weighted by atomic mass is 9.83. The van der Waals surface area contributed by atoms with E-state index < -0.39 is 11.0 Å². The van der Waals surface area contributed by atoms with E-state index >= 15 is 0 Å². The molecule has 0 fully saturated rings. The standard InChI is InChI=1S/C16H16O5/c1-8-16(2,3)14-13(20-8)7-12(21-15(14)19)9-4-5-10(17)11(18)6-9/h4-8,17-18H,1-3H3. The monoisotopic (exact) mass is 288 g/mol. The summed E-state index contributed by atoms with van der Waals surface area (Å²) in [6, 6.07) is 5.88. The molecule has 110 valence electrons. The van der Waals surface area contributed by atoms with E-state index in [4.69, 9.17) is 9.15 Å². The smallest absolute Gasteiger partial charge is 0.343 e. The Morgan fingerprint density at radius 2 is 1.86 bits per heavy atom. The summed E-state index contributed by atoms with van der Waals surface area (Å²) >= 11 is 0. The molecule has 0 bridgehead atoms. The van der Waals surface area contributed by atoms with Gasteiger partial charge in [0.2, 0.25) is 0 Å². The van der Waals surface area contributed by atoms with Gasteiger partial charge in [-0.2, -0.15) is 0 Å². The van der Waals surface area contributed by atoms with Crippen LogP contribution in [0.4, 0.5) is 0 Å². The number of hydrogen-bond donors (Lipinski definition) is 2. The predicted molar refractivity (Wildman–Crippen MR) is 76.9 cm³/mol. The molecule has 0 spiro atoms. The minimum absolute atomic E-state index is 0.126. The summed E-state index contributed by atoms with van der Waals surface area (Å²) in [5.74, 6) is 0.295. The zero-order valence-corrected chi connectivity index (χ0v) is 12.0. The van der Waals surface area contributed by atoms with Crippen LogP contribution in [0, 0.1) is 0 Å². The predicted octanol–water partition coefficient (Wildman–Crippen LogP) is 2.78. The quantitative estimate of drug-likeness (QED) is 0.789. The number of aromatic hydroxyl groups is 2. The zero-order valence-electron chi connectivity index (χ0n) is 12.0. The number of rotatable bonds is 1. The average molecular weight is 288 g/mol. The minimum atomic E-state index is -0.440. The molecule has 1 aromatic heterocycles. The van der Waals surface area contributed by atoms with Gasteiger partial charge >= 0.3 is 5.63 Å². The average Bonchev–Trinajstić information content (AvgIpc) is 2.63. The van der Waals surface area contributed by atoms with Gasteiger partial charge in [0.15, 0.2) is 11.5 Å².